The number of carbonyl (C=O) groups is 1. The number of nitrogens with zero attached hydrogens (tertiary/aromatic N) is 1. The first-order valence-electron chi connectivity index (χ1n) is 6.43. The lowest BCUT2D eigenvalue weighted by Gasteiger charge is -2.28. The molecule has 96 valence electrons. The standard InChI is InChI=1S/C15H19NO2/c17-15(18)12-14-7-10-16(11-8-14)9-6-13-4-2-1-3-5-13/h1-5,12H,6-11H2,(H,17,18). The maximum absolute atomic E-state index is 10.6. The van der Waals surface area contributed by atoms with Gasteiger partial charge in [-0.2, -0.15) is 0 Å². The zero-order valence-electron chi connectivity index (χ0n) is 10.5. The highest BCUT2D eigenvalue weighted by Gasteiger charge is 2.14. The van der Waals surface area contributed by atoms with Crippen molar-refractivity contribution in [3.63, 3.8) is 0 Å². The van der Waals surface area contributed by atoms with Crippen LogP contribution in [0.4, 0.5) is 0 Å². The number of hydrogen-bond acceptors (Lipinski definition) is 2. The van der Waals surface area contributed by atoms with Crippen LogP contribution in [0.25, 0.3) is 0 Å². The minimum atomic E-state index is -0.817. The summed E-state index contributed by atoms with van der Waals surface area (Å²) in [4.78, 5) is 13.0. The molecule has 3 heteroatoms. The Morgan fingerprint density at radius 3 is 2.50 bits per heavy atom. The summed E-state index contributed by atoms with van der Waals surface area (Å²) < 4.78 is 0. The third-order valence-corrected chi connectivity index (χ3v) is 3.39. The lowest BCUT2D eigenvalue weighted by molar-refractivity contribution is -0.131. The third kappa shape index (κ3) is 4.00. The molecule has 0 saturated carbocycles. The van der Waals surface area contributed by atoms with E-state index in [-0.39, 0.29) is 0 Å². The number of piperidine rings is 1. The second kappa shape index (κ2) is 6.36. The fraction of sp³-hybridized carbons (Fsp3) is 0.400. The molecule has 1 heterocycles. The van der Waals surface area contributed by atoms with Crippen molar-refractivity contribution in [3.8, 4) is 0 Å². The zero-order chi connectivity index (χ0) is 12.8. The Morgan fingerprint density at radius 1 is 1.22 bits per heavy atom. The van der Waals surface area contributed by atoms with Gasteiger partial charge < -0.3 is 10.0 Å². The summed E-state index contributed by atoms with van der Waals surface area (Å²) >= 11 is 0. The van der Waals surface area contributed by atoms with Gasteiger partial charge in [0.1, 0.15) is 0 Å². The van der Waals surface area contributed by atoms with E-state index in [9.17, 15) is 4.79 Å². The number of carboxylic acids is 1. The molecule has 18 heavy (non-hydrogen) atoms. The van der Waals surface area contributed by atoms with E-state index in [0.29, 0.717) is 0 Å². The topological polar surface area (TPSA) is 40.5 Å². The van der Waals surface area contributed by atoms with Gasteiger partial charge in [-0.3, -0.25) is 0 Å². The molecule has 0 aliphatic carbocycles. The second-order valence-corrected chi connectivity index (χ2v) is 4.72. The molecule has 1 aliphatic heterocycles. The van der Waals surface area contributed by atoms with Crippen molar-refractivity contribution in [3.05, 3.63) is 47.5 Å². The predicted molar refractivity (Wildman–Crippen MR) is 71.5 cm³/mol. The Morgan fingerprint density at radius 2 is 1.89 bits per heavy atom. The summed E-state index contributed by atoms with van der Waals surface area (Å²) in [5, 5.41) is 8.69. The fourth-order valence-corrected chi connectivity index (χ4v) is 2.31. The minimum absolute atomic E-state index is 0.817. The molecule has 0 radical (unpaired) electrons. The Bertz CT molecular complexity index is 415. The third-order valence-electron chi connectivity index (χ3n) is 3.39. The van der Waals surface area contributed by atoms with Gasteiger partial charge in [0, 0.05) is 25.7 Å². The van der Waals surface area contributed by atoms with Gasteiger partial charge in [-0.25, -0.2) is 4.79 Å². The molecule has 0 aromatic heterocycles. The molecule has 1 N–H and O–H groups in total. The van der Waals surface area contributed by atoms with Gasteiger partial charge >= 0.3 is 5.97 Å². The Labute approximate surface area is 108 Å². The van der Waals surface area contributed by atoms with Gasteiger partial charge in [0.15, 0.2) is 0 Å². The fourth-order valence-electron chi connectivity index (χ4n) is 2.31. The summed E-state index contributed by atoms with van der Waals surface area (Å²) in [6, 6.07) is 10.5. The molecule has 0 atom stereocenters. The van der Waals surface area contributed by atoms with Crippen LogP contribution in [0, 0.1) is 0 Å². The Kier molecular flexibility index (Phi) is 4.53. The minimum Gasteiger partial charge on any atom is -0.478 e. The maximum Gasteiger partial charge on any atom is 0.328 e. The molecule has 1 fully saturated rings. The highest BCUT2D eigenvalue weighted by atomic mass is 16.4. The smallest absolute Gasteiger partial charge is 0.328 e. The van der Waals surface area contributed by atoms with Crippen molar-refractivity contribution in [2.45, 2.75) is 19.3 Å². The maximum atomic E-state index is 10.6. The number of likely N-dealkylation sites (tertiary alicyclic amines) is 1. The molecule has 0 bridgehead atoms. The first kappa shape index (κ1) is 12.8. The van der Waals surface area contributed by atoms with Crippen molar-refractivity contribution >= 4 is 5.97 Å². The van der Waals surface area contributed by atoms with Crippen molar-refractivity contribution in [2.24, 2.45) is 0 Å². The lowest BCUT2D eigenvalue weighted by atomic mass is 10.0. The van der Waals surface area contributed by atoms with E-state index in [4.69, 9.17) is 5.11 Å². The van der Waals surface area contributed by atoms with E-state index in [2.05, 4.69) is 29.2 Å². The average molecular weight is 245 g/mol. The molecule has 0 unspecified atom stereocenters. The monoisotopic (exact) mass is 245 g/mol. The van der Waals surface area contributed by atoms with Gasteiger partial charge in [0.2, 0.25) is 0 Å². The Balaban J connectivity index is 1.76. The Hall–Kier alpha value is -1.61. The molecule has 3 nitrogen and oxygen atoms in total. The van der Waals surface area contributed by atoms with Crippen LogP contribution in [0.3, 0.4) is 0 Å². The molecule has 0 spiro atoms. The normalized spacial score (nSPS) is 16.6. The molecule has 1 aromatic carbocycles. The average Bonchev–Trinajstić information content (AvgIpc) is 2.38. The van der Waals surface area contributed by atoms with E-state index >= 15 is 0 Å². The zero-order valence-corrected chi connectivity index (χ0v) is 10.5. The van der Waals surface area contributed by atoms with E-state index in [1.165, 1.54) is 11.6 Å². The van der Waals surface area contributed by atoms with Gasteiger partial charge in [-0.05, 0) is 24.8 Å². The van der Waals surface area contributed by atoms with E-state index in [1.54, 1.807) is 0 Å². The van der Waals surface area contributed by atoms with Crippen LogP contribution in [0.1, 0.15) is 18.4 Å². The number of rotatable bonds is 4. The predicted octanol–water partition coefficient (Wildman–Crippen LogP) is 2.34. The van der Waals surface area contributed by atoms with Crippen LogP contribution in [0.15, 0.2) is 42.0 Å². The first-order chi connectivity index (χ1) is 8.74. The van der Waals surface area contributed by atoms with Crippen LogP contribution in [-0.2, 0) is 11.2 Å². The summed E-state index contributed by atoms with van der Waals surface area (Å²) in [6.45, 7) is 3.02. The summed E-state index contributed by atoms with van der Waals surface area (Å²) in [5.41, 5.74) is 2.43. The van der Waals surface area contributed by atoms with E-state index in [0.717, 1.165) is 44.5 Å². The number of benzene rings is 1. The van der Waals surface area contributed by atoms with Gasteiger partial charge in [-0.1, -0.05) is 35.9 Å². The van der Waals surface area contributed by atoms with Crippen LogP contribution >= 0.6 is 0 Å². The van der Waals surface area contributed by atoms with Gasteiger partial charge in [-0.15, -0.1) is 0 Å². The summed E-state index contributed by atoms with van der Waals surface area (Å²) in [7, 11) is 0. The van der Waals surface area contributed by atoms with E-state index < -0.39 is 5.97 Å². The molecular weight excluding hydrogens is 226 g/mol. The van der Waals surface area contributed by atoms with Gasteiger partial charge in [0.05, 0.1) is 0 Å². The molecule has 1 aliphatic rings. The number of hydrogen-bond donors (Lipinski definition) is 1. The molecule has 1 aromatic rings. The van der Waals surface area contributed by atoms with Crippen LogP contribution in [0.2, 0.25) is 0 Å². The van der Waals surface area contributed by atoms with Crippen molar-refractivity contribution < 1.29 is 9.90 Å². The van der Waals surface area contributed by atoms with Crippen LogP contribution in [-0.4, -0.2) is 35.6 Å². The largest absolute Gasteiger partial charge is 0.478 e. The van der Waals surface area contributed by atoms with Crippen molar-refractivity contribution in [2.75, 3.05) is 19.6 Å². The summed E-state index contributed by atoms with van der Waals surface area (Å²) in [6.07, 6.45) is 4.22. The van der Waals surface area contributed by atoms with Gasteiger partial charge in [0.25, 0.3) is 0 Å². The van der Waals surface area contributed by atoms with E-state index in [1.807, 2.05) is 6.07 Å². The quantitative estimate of drug-likeness (QED) is 0.828. The number of carboxylic acid groups (broad SMARTS) is 1. The molecule has 2 rings (SSSR count). The molecular formula is C15H19NO2. The van der Waals surface area contributed by atoms with Crippen LogP contribution in [0.5, 0.6) is 0 Å². The van der Waals surface area contributed by atoms with Crippen molar-refractivity contribution in [1.82, 2.24) is 4.90 Å². The lowest BCUT2D eigenvalue weighted by Crippen LogP contribution is -2.32. The molecule has 1 saturated heterocycles. The highest BCUT2D eigenvalue weighted by molar-refractivity contribution is 5.80. The SMILES string of the molecule is O=C(O)C=C1CCN(CCc2ccccc2)CC1. The molecule has 0 amide bonds. The van der Waals surface area contributed by atoms with Crippen molar-refractivity contribution in [1.29, 1.82) is 0 Å². The highest BCUT2D eigenvalue weighted by Crippen LogP contribution is 2.16. The second-order valence-electron chi connectivity index (χ2n) is 4.72. The summed E-state index contributed by atoms with van der Waals surface area (Å²) in [5.74, 6) is -0.817. The van der Waals surface area contributed by atoms with Crippen LogP contribution < -0.4 is 0 Å². The first-order valence-corrected chi connectivity index (χ1v) is 6.43. The number of aliphatic carboxylic acids is 1.